The van der Waals surface area contributed by atoms with Crippen molar-refractivity contribution in [2.45, 2.75) is 86.7 Å². The van der Waals surface area contributed by atoms with Gasteiger partial charge in [-0.05, 0) is 57.4 Å². The fourth-order valence-electron chi connectivity index (χ4n) is 2.63. The van der Waals surface area contributed by atoms with Gasteiger partial charge in [0.05, 0.1) is 6.42 Å². The molecule has 0 rings (SSSR count). The Bertz CT molecular complexity index is 731. The largest absolute Gasteiger partial charge is 0.462 e. The number of carbonyl (C=O) groups is 3. The van der Waals surface area contributed by atoms with Crippen molar-refractivity contribution in [2.75, 3.05) is 13.1 Å². The lowest BCUT2D eigenvalue weighted by Gasteiger charge is -2.16. The molecule has 6 heteroatoms. The second-order valence-electron chi connectivity index (χ2n) is 9.24. The molecule has 0 spiro atoms. The number of hydrogen-bond acceptors (Lipinski definition) is 4. The lowest BCUT2D eigenvalue weighted by molar-refractivity contribution is -0.148. The Morgan fingerprint density at radius 1 is 0.750 bits per heavy atom. The fourth-order valence-corrected chi connectivity index (χ4v) is 2.63. The number of nitrogens with one attached hydrogen (secondary N) is 2. The molecule has 0 heterocycles. The highest BCUT2D eigenvalue weighted by atomic mass is 16.5. The summed E-state index contributed by atoms with van der Waals surface area (Å²) in [6.45, 7) is 14.9. The minimum atomic E-state index is -0.352. The van der Waals surface area contributed by atoms with Crippen molar-refractivity contribution in [1.29, 1.82) is 0 Å². The third-order valence-electron chi connectivity index (χ3n) is 4.44. The molecule has 6 nitrogen and oxygen atoms in total. The molecule has 204 valence electrons. The summed E-state index contributed by atoms with van der Waals surface area (Å²) < 4.78 is 5.18. The molecular weight excluding hydrogens is 452 g/mol. The highest BCUT2D eigenvalue weighted by Gasteiger charge is 2.16. The van der Waals surface area contributed by atoms with E-state index in [2.05, 4.69) is 30.6 Å². The van der Waals surface area contributed by atoms with Crippen molar-refractivity contribution in [2.24, 2.45) is 11.8 Å². The molecule has 0 saturated carbocycles. The first-order valence-electron chi connectivity index (χ1n) is 13.1. The van der Waals surface area contributed by atoms with Gasteiger partial charge in [0.25, 0.3) is 0 Å². The predicted molar refractivity (Wildman–Crippen MR) is 151 cm³/mol. The zero-order valence-electron chi connectivity index (χ0n) is 23.6. The van der Waals surface area contributed by atoms with Gasteiger partial charge in [-0.1, -0.05) is 82.4 Å². The van der Waals surface area contributed by atoms with Crippen molar-refractivity contribution in [3.8, 4) is 0 Å². The number of rotatable bonds is 16. The lowest BCUT2D eigenvalue weighted by Crippen LogP contribution is -2.31. The van der Waals surface area contributed by atoms with Gasteiger partial charge in [0, 0.05) is 20.0 Å². The molecule has 0 bridgehead atoms. The summed E-state index contributed by atoms with van der Waals surface area (Å²) in [5.74, 6) is 0.508. The van der Waals surface area contributed by atoms with Crippen LogP contribution in [-0.4, -0.2) is 37.0 Å². The Labute approximate surface area is 220 Å². The van der Waals surface area contributed by atoms with Crippen molar-refractivity contribution < 1.29 is 19.1 Å². The molecule has 36 heavy (non-hydrogen) atoms. The first-order valence-corrected chi connectivity index (χ1v) is 13.1. The summed E-state index contributed by atoms with van der Waals surface area (Å²) in [6, 6.07) is 0. The first kappa shape index (κ1) is 35.3. The van der Waals surface area contributed by atoms with Gasteiger partial charge in [-0.15, -0.1) is 0 Å². The maximum atomic E-state index is 11.7. The molecule has 0 aliphatic rings. The number of unbranched alkanes of at least 4 members (excludes halogenated alkanes) is 1. The third-order valence-corrected chi connectivity index (χ3v) is 4.44. The Morgan fingerprint density at radius 2 is 1.28 bits per heavy atom. The van der Waals surface area contributed by atoms with Crippen molar-refractivity contribution >= 4 is 17.8 Å². The van der Waals surface area contributed by atoms with Crippen molar-refractivity contribution in [3.63, 3.8) is 0 Å². The van der Waals surface area contributed by atoms with Crippen LogP contribution in [0.3, 0.4) is 0 Å². The summed E-state index contributed by atoms with van der Waals surface area (Å²) in [6.07, 6.45) is 22.7. The zero-order chi connectivity index (χ0) is 27.6. The van der Waals surface area contributed by atoms with E-state index in [0.29, 0.717) is 24.8 Å². The van der Waals surface area contributed by atoms with Crippen LogP contribution in [0.25, 0.3) is 0 Å². The predicted octanol–water partition coefficient (Wildman–Crippen LogP) is 6.22. The van der Waals surface area contributed by atoms with Gasteiger partial charge in [0.2, 0.25) is 11.8 Å². The number of allylic oxidation sites excluding steroid dienone is 9. The molecular formula is C30H50N2O4. The average Bonchev–Trinajstić information content (AvgIpc) is 2.80. The molecule has 0 aromatic rings. The van der Waals surface area contributed by atoms with E-state index in [9.17, 15) is 14.4 Å². The minimum Gasteiger partial charge on any atom is -0.462 e. The van der Waals surface area contributed by atoms with Gasteiger partial charge in [-0.25, -0.2) is 0 Å². The van der Waals surface area contributed by atoms with Crippen LogP contribution < -0.4 is 10.6 Å². The van der Waals surface area contributed by atoms with Crippen LogP contribution in [0.4, 0.5) is 0 Å². The first-order chi connectivity index (χ1) is 17.1. The van der Waals surface area contributed by atoms with E-state index < -0.39 is 0 Å². The van der Waals surface area contributed by atoms with Gasteiger partial charge >= 0.3 is 5.97 Å². The van der Waals surface area contributed by atoms with E-state index in [1.165, 1.54) is 6.92 Å². The molecule has 1 atom stereocenters. The zero-order valence-corrected chi connectivity index (χ0v) is 23.6. The summed E-state index contributed by atoms with van der Waals surface area (Å²) >= 11 is 0. The second kappa shape index (κ2) is 25.2. The Morgan fingerprint density at radius 3 is 1.81 bits per heavy atom. The maximum absolute atomic E-state index is 11.7. The quantitative estimate of drug-likeness (QED) is 0.114. The van der Waals surface area contributed by atoms with E-state index in [1.807, 2.05) is 76.3 Å². The van der Waals surface area contributed by atoms with Crippen LogP contribution in [-0.2, 0) is 19.1 Å². The molecule has 2 N–H and O–H groups in total. The Hall–Kier alpha value is -2.89. The second-order valence-corrected chi connectivity index (χ2v) is 9.24. The summed E-state index contributed by atoms with van der Waals surface area (Å²) in [5, 5.41) is 5.68. The Balaban J connectivity index is 0. The monoisotopic (exact) mass is 502 g/mol. The van der Waals surface area contributed by atoms with Gasteiger partial charge in [0.15, 0.2) is 0 Å². The van der Waals surface area contributed by atoms with Gasteiger partial charge in [-0.2, -0.15) is 0 Å². The highest BCUT2D eigenvalue weighted by Crippen LogP contribution is 2.09. The molecule has 0 aliphatic heterocycles. The van der Waals surface area contributed by atoms with Crippen LogP contribution in [0.5, 0.6) is 0 Å². The average molecular weight is 503 g/mol. The molecule has 0 saturated heterocycles. The summed E-state index contributed by atoms with van der Waals surface area (Å²) in [7, 11) is 0. The van der Waals surface area contributed by atoms with E-state index in [-0.39, 0.29) is 30.3 Å². The smallest absolute Gasteiger partial charge is 0.302 e. The highest BCUT2D eigenvalue weighted by molar-refractivity contribution is 5.87. The standard InChI is InChI=1S/C16H27NO3.C14H23NO/c1-5-6-7-8-9-10-15(20-14(4)18)11-16(19)17-12-13(2)3;1-4-5-6-7-8-9-10-11-14(16)15-12-13(2)3/h5-8,13,15H,9-12H2,1-4H3,(H,17,19);4-7,10-11,13H,8-9,12H2,1-3H3,(H,15,16)/b;5-4?,7-6?,11-10+. The van der Waals surface area contributed by atoms with E-state index in [4.69, 9.17) is 4.74 Å². The molecule has 2 amide bonds. The van der Waals surface area contributed by atoms with E-state index in [1.54, 1.807) is 6.08 Å². The van der Waals surface area contributed by atoms with Crippen LogP contribution >= 0.6 is 0 Å². The SMILES string of the molecule is CC=CC=CCC/C=C/C(=O)NCC(C)C.CC=CC=CCCC(CC(=O)NCC(C)C)OC(C)=O. The molecule has 0 fully saturated rings. The lowest BCUT2D eigenvalue weighted by atomic mass is 10.1. The summed E-state index contributed by atoms with van der Waals surface area (Å²) in [5.41, 5.74) is 0. The molecule has 0 radical (unpaired) electrons. The molecule has 0 aliphatic carbocycles. The Kier molecular flexibility index (Phi) is 24.7. The number of ether oxygens (including phenoxy) is 1. The summed E-state index contributed by atoms with van der Waals surface area (Å²) in [4.78, 5) is 34.1. The minimum absolute atomic E-state index is 0.00568. The molecule has 0 aromatic heterocycles. The van der Waals surface area contributed by atoms with Gasteiger partial charge < -0.3 is 15.4 Å². The van der Waals surface area contributed by atoms with E-state index >= 15 is 0 Å². The molecule has 1 unspecified atom stereocenters. The van der Waals surface area contributed by atoms with Crippen LogP contribution in [0.15, 0.2) is 60.8 Å². The maximum Gasteiger partial charge on any atom is 0.302 e. The normalized spacial score (nSPS) is 12.7. The van der Waals surface area contributed by atoms with Crippen LogP contribution in [0.2, 0.25) is 0 Å². The number of carbonyl (C=O) groups excluding carboxylic acids is 3. The van der Waals surface area contributed by atoms with Crippen molar-refractivity contribution in [1.82, 2.24) is 10.6 Å². The van der Waals surface area contributed by atoms with Crippen LogP contribution in [0, 0.1) is 11.8 Å². The number of amides is 2. The van der Waals surface area contributed by atoms with Crippen LogP contribution in [0.1, 0.15) is 80.6 Å². The number of esters is 1. The number of hydrogen-bond donors (Lipinski definition) is 2. The third kappa shape index (κ3) is 29.1. The fraction of sp³-hybridized carbons (Fsp3) is 0.567. The van der Waals surface area contributed by atoms with E-state index in [0.717, 1.165) is 25.8 Å². The van der Waals surface area contributed by atoms with Gasteiger partial charge in [-0.3, -0.25) is 14.4 Å². The molecule has 0 aromatic carbocycles. The van der Waals surface area contributed by atoms with Gasteiger partial charge in [0.1, 0.15) is 6.10 Å². The van der Waals surface area contributed by atoms with Crippen molar-refractivity contribution in [3.05, 3.63) is 60.8 Å². The topological polar surface area (TPSA) is 84.5 Å².